The first kappa shape index (κ1) is 11.0. The number of hydrogen-bond acceptors (Lipinski definition) is 3. The third-order valence-electron chi connectivity index (χ3n) is 2.92. The first-order valence-electron chi connectivity index (χ1n) is 5.01. The van der Waals surface area contributed by atoms with Gasteiger partial charge in [0.2, 0.25) is 5.28 Å². The van der Waals surface area contributed by atoms with E-state index in [4.69, 9.17) is 23.2 Å². The van der Waals surface area contributed by atoms with Crippen molar-refractivity contribution < 1.29 is 0 Å². The smallest absolute Gasteiger partial charge is 0.225 e. The Labute approximate surface area is 99.2 Å². The van der Waals surface area contributed by atoms with Crippen molar-refractivity contribution in [3.05, 3.63) is 16.5 Å². The number of rotatable bonds is 3. The third-order valence-corrected chi connectivity index (χ3v) is 3.29. The molecule has 1 aliphatic carbocycles. The topological polar surface area (TPSA) is 37.8 Å². The lowest BCUT2D eigenvalue weighted by molar-refractivity contribution is 0.180. The lowest BCUT2D eigenvalue weighted by Gasteiger charge is -2.38. The van der Waals surface area contributed by atoms with Gasteiger partial charge in [-0.2, -0.15) is 0 Å². The molecule has 0 unspecified atom stereocenters. The van der Waals surface area contributed by atoms with Crippen LogP contribution in [0.1, 0.15) is 26.2 Å². The zero-order valence-corrected chi connectivity index (χ0v) is 10.1. The Balaban J connectivity index is 1.98. The van der Waals surface area contributed by atoms with Crippen LogP contribution in [0.2, 0.25) is 10.4 Å². The quantitative estimate of drug-likeness (QED) is 0.656. The van der Waals surface area contributed by atoms with Crippen molar-refractivity contribution in [1.29, 1.82) is 0 Å². The highest BCUT2D eigenvalue weighted by Gasteiger charge is 2.31. The normalized spacial score (nSPS) is 18.3. The summed E-state index contributed by atoms with van der Waals surface area (Å²) in [6.45, 7) is 3.19. The monoisotopic (exact) mass is 245 g/mol. The van der Waals surface area contributed by atoms with Crippen LogP contribution in [0.3, 0.4) is 0 Å². The Hall–Kier alpha value is -0.540. The molecule has 1 aromatic heterocycles. The number of aromatic nitrogens is 2. The molecule has 1 N–H and O–H groups in total. The van der Waals surface area contributed by atoms with Crippen molar-refractivity contribution in [3.8, 4) is 0 Å². The number of nitrogens with one attached hydrogen (secondary N) is 1. The van der Waals surface area contributed by atoms with Crippen molar-refractivity contribution in [2.24, 2.45) is 5.41 Å². The molecule has 0 radical (unpaired) electrons. The van der Waals surface area contributed by atoms with E-state index in [2.05, 4.69) is 22.2 Å². The molecule has 0 amide bonds. The van der Waals surface area contributed by atoms with Crippen LogP contribution in [0.5, 0.6) is 0 Å². The van der Waals surface area contributed by atoms with E-state index in [1.807, 2.05) is 0 Å². The lowest BCUT2D eigenvalue weighted by atomic mass is 9.70. The number of halogens is 2. The second kappa shape index (κ2) is 4.14. The molecule has 1 fully saturated rings. The fourth-order valence-electron chi connectivity index (χ4n) is 1.74. The third kappa shape index (κ3) is 2.73. The zero-order valence-electron chi connectivity index (χ0n) is 8.56. The van der Waals surface area contributed by atoms with Crippen LogP contribution >= 0.6 is 23.2 Å². The van der Waals surface area contributed by atoms with Gasteiger partial charge in [0.25, 0.3) is 0 Å². The Morgan fingerprint density at radius 2 is 2.13 bits per heavy atom. The molecule has 0 aliphatic heterocycles. The fourth-order valence-corrected chi connectivity index (χ4v) is 2.15. The average molecular weight is 246 g/mol. The zero-order chi connectivity index (χ0) is 10.9. The van der Waals surface area contributed by atoms with Gasteiger partial charge in [0.1, 0.15) is 11.0 Å². The fraction of sp³-hybridized carbons (Fsp3) is 0.600. The molecule has 0 aromatic carbocycles. The summed E-state index contributed by atoms with van der Waals surface area (Å²) in [6, 6.07) is 1.69. The van der Waals surface area contributed by atoms with E-state index in [9.17, 15) is 0 Å². The van der Waals surface area contributed by atoms with E-state index in [1.54, 1.807) is 6.07 Å². The van der Waals surface area contributed by atoms with E-state index in [1.165, 1.54) is 19.3 Å². The van der Waals surface area contributed by atoms with Crippen LogP contribution in [0.4, 0.5) is 5.82 Å². The predicted octanol–water partition coefficient (Wildman–Crippen LogP) is 3.39. The lowest BCUT2D eigenvalue weighted by Crippen LogP contribution is -2.33. The predicted molar refractivity (Wildman–Crippen MR) is 62.5 cm³/mol. The molecule has 3 nitrogen and oxygen atoms in total. The maximum Gasteiger partial charge on any atom is 0.225 e. The molecule has 1 aromatic rings. The summed E-state index contributed by atoms with van der Waals surface area (Å²) in [7, 11) is 0. The van der Waals surface area contributed by atoms with Gasteiger partial charge in [-0.25, -0.2) is 9.97 Å². The first-order chi connectivity index (χ1) is 7.07. The molecule has 1 heterocycles. The second-order valence-electron chi connectivity index (χ2n) is 4.36. The highest BCUT2D eigenvalue weighted by Crippen LogP contribution is 2.40. The maximum absolute atomic E-state index is 5.77. The summed E-state index contributed by atoms with van der Waals surface area (Å²) in [4.78, 5) is 7.85. The number of anilines is 1. The average Bonchev–Trinajstić information content (AvgIpc) is 2.10. The van der Waals surface area contributed by atoms with Crippen molar-refractivity contribution in [3.63, 3.8) is 0 Å². The van der Waals surface area contributed by atoms with E-state index < -0.39 is 0 Å². The van der Waals surface area contributed by atoms with Crippen LogP contribution in [-0.4, -0.2) is 16.5 Å². The van der Waals surface area contributed by atoms with Gasteiger partial charge < -0.3 is 5.32 Å². The first-order valence-corrected chi connectivity index (χ1v) is 5.77. The Morgan fingerprint density at radius 3 is 2.67 bits per heavy atom. The Kier molecular flexibility index (Phi) is 3.03. The molecule has 1 aliphatic rings. The van der Waals surface area contributed by atoms with Gasteiger partial charge in [0.05, 0.1) is 0 Å². The van der Waals surface area contributed by atoms with Crippen molar-refractivity contribution in [2.45, 2.75) is 26.2 Å². The minimum absolute atomic E-state index is 0.184. The second-order valence-corrected chi connectivity index (χ2v) is 5.09. The van der Waals surface area contributed by atoms with Crippen LogP contribution in [0.15, 0.2) is 6.07 Å². The Morgan fingerprint density at radius 1 is 1.40 bits per heavy atom. The molecule has 82 valence electrons. The SMILES string of the molecule is CC1(CNc2cc(Cl)nc(Cl)n2)CCC1. The molecular formula is C10H13Cl2N3. The van der Waals surface area contributed by atoms with Gasteiger partial charge in [-0.1, -0.05) is 24.9 Å². The van der Waals surface area contributed by atoms with Gasteiger partial charge in [-0.15, -0.1) is 0 Å². The molecule has 0 bridgehead atoms. The van der Waals surface area contributed by atoms with Crippen LogP contribution < -0.4 is 5.32 Å². The summed E-state index contributed by atoms with van der Waals surface area (Å²) >= 11 is 11.5. The maximum atomic E-state index is 5.77. The minimum Gasteiger partial charge on any atom is -0.369 e. The molecule has 0 spiro atoms. The molecule has 2 rings (SSSR count). The highest BCUT2D eigenvalue weighted by molar-refractivity contribution is 6.32. The summed E-state index contributed by atoms with van der Waals surface area (Å²) in [5.74, 6) is 0.702. The standard InChI is InChI=1S/C10H13Cl2N3/c1-10(3-2-4-10)6-13-8-5-7(11)14-9(12)15-8/h5H,2-4,6H2,1H3,(H,13,14,15). The number of hydrogen-bond donors (Lipinski definition) is 1. The van der Waals surface area contributed by atoms with Crippen molar-refractivity contribution >= 4 is 29.0 Å². The molecule has 0 atom stereocenters. The highest BCUT2D eigenvalue weighted by atomic mass is 35.5. The van der Waals surface area contributed by atoms with Gasteiger partial charge >= 0.3 is 0 Å². The molecule has 0 saturated heterocycles. The summed E-state index contributed by atoms with van der Waals surface area (Å²) < 4.78 is 0. The van der Waals surface area contributed by atoms with Gasteiger partial charge in [-0.3, -0.25) is 0 Å². The van der Waals surface area contributed by atoms with E-state index in [-0.39, 0.29) is 5.28 Å². The van der Waals surface area contributed by atoms with Crippen molar-refractivity contribution in [2.75, 3.05) is 11.9 Å². The summed E-state index contributed by atoms with van der Waals surface area (Å²) in [5.41, 5.74) is 0.407. The van der Waals surface area contributed by atoms with E-state index in [0.717, 1.165) is 6.54 Å². The summed E-state index contributed by atoms with van der Waals surface area (Å²) in [5, 5.41) is 3.80. The van der Waals surface area contributed by atoms with Gasteiger partial charge in [0.15, 0.2) is 0 Å². The van der Waals surface area contributed by atoms with Crippen LogP contribution in [-0.2, 0) is 0 Å². The minimum atomic E-state index is 0.184. The van der Waals surface area contributed by atoms with Crippen molar-refractivity contribution in [1.82, 2.24) is 9.97 Å². The molecule has 5 heteroatoms. The van der Waals surface area contributed by atoms with Gasteiger partial charge in [0, 0.05) is 12.6 Å². The Bertz CT molecular complexity index is 343. The number of nitrogens with zero attached hydrogens (tertiary/aromatic N) is 2. The molecule has 1 saturated carbocycles. The largest absolute Gasteiger partial charge is 0.369 e. The van der Waals surface area contributed by atoms with Crippen LogP contribution in [0, 0.1) is 5.41 Å². The van der Waals surface area contributed by atoms with E-state index >= 15 is 0 Å². The molecular weight excluding hydrogens is 233 g/mol. The van der Waals surface area contributed by atoms with E-state index in [0.29, 0.717) is 16.4 Å². The molecule has 15 heavy (non-hydrogen) atoms. The van der Waals surface area contributed by atoms with Crippen LogP contribution in [0.25, 0.3) is 0 Å². The summed E-state index contributed by atoms with van der Waals surface area (Å²) in [6.07, 6.45) is 3.86. The van der Waals surface area contributed by atoms with Gasteiger partial charge in [-0.05, 0) is 29.9 Å².